The van der Waals surface area contributed by atoms with Crippen LogP contribution in [0, 0.1) is 0 Å². The van der Waals surface area contributed by atoms with Crippen LogP contribution in [0.15, 0.2) is 71.5 Å². The lowest BCUT2D eigenvalue weighted by molar-refractivity contribution is -0.445. The lowest BCUT2D eigenvalue weighted by atomic mass is 9.74. The molecule has 2 unspecified atom stereocenters. The Kier molecular flexibility index (Phi) is 7.20. The average molecular weight is 512 g/mol. The molecule has 7 rings (SSSR count). The summed E-state index contributed by atoms with van der Waals surface area (Å²) in [5, 5.41) is 0. The van der Waals surface area contributed by atoms with Crippen molar-refractivity contribution in [3.8, 4) is 0 Å². The summed E-state index contributed by atoms with van der Waals surface area (Å²) in [7, 11) is 0. The molecule has 0 spiro atoms. The number of nitrogens with zero attached hydrogens (tertiary/aromatic N) is 2. The Morgan fingerprint density at radius 1 is 0.816 bits per heavy atom. The fraction of sp³-hybridized carbons (Fsp3) is 0.514. The van der Waals surface area contributed by atoms with Crippen molar-refractivity contribution in [2.24, 2.45) is 0 Å². The van der Waals surface area contributed by atoms with Gasteiger partial charge < -0.3 is 9.64 Å². The standard InChI is InChI=1S/C29H31N2O.2C3H8/c1-28(2)20-9-5-7-11-22(20)30-15-13-24-18(26(28)30)17-19-25(32-24)14-16-31-23-12-8-6-10-21(23)29(3,4)27(19)31;2*1-3-2/h5-12,17,24-25H,13-16H2,1-4H3;2*3H2,1-2H3/q+1;;. The van der Waals surface area contributed by atoms with E-state index >= 15 is 0 Å². The maximum Gasteiger partial charge on any atom is 0.209 e. The Bertz CT molecular complexity index is 1310. The fourth-order valence-corrected chi connectivity index (χ4v) is 7.22. The predicted octanol–water partition coefficient (Wildman–Crippen LogP) is 8.45. The highest BCUT2D eigenvalue weighted by Gasteiger charge is 2.54. The fourth-order valence-electron chi connectivity index (χ4n) is 7.22. The molecule has 0 radical (unpaired) electrons. The van der Waals surface area contributed by atoms with Crippen LogP contribution in [0.3, 0.4) is 0 Å². The third-order valence-electron chi connectivity index (χ3n) is 8.57. The number of rotatable bonds is 0. The van der Waals surface area contributed by atoms with Gasteiger partial charge in [0.25, 0.3) is 0 Å². The summed E-state index contributed by atoms with van der Waals surface area (Å²) in [5.74, 6) is 0. The van der Waals surface area contributed by atoms with Crippen LogP contribution in [0.4, 0.5) is 11.4 Å². The van der Waals surface area contributed by atoms with E-state index in [0.29, 0.717) is 0 Å². The predicted molar refractivity (Wildman–Crippen MR) is 161 cm³/mol. The number of ether oxygens (including phenoxy) is 1. The summed E-state index contributed by atoms with van der Waals surface area (Å²) in [6.45, 7) is 20.1. The summed E-state index contributed by atoms with van der Waals surface area (Å²) in [5.41, 5.74) is 11.3. The third-order valence-corrected chi connectivity index (χ3v) is 8.57. The van der Waals surface area contributed by atoms with Crippen LogP contribution in [0.25, 0.3) is 0 Å². The van der Waals surface area contributed by atoms with E-state index in [4.69, 9.17) is 4.74 Å². The average Bonchev–Trinajstić information content (AvgIpc) is 3.29. The maximum atomic E-state index is 6.89. The van der Waals surface area contributed by atoms with Crippen LogP contribution < -0.4 is 4.90 Å². The number of benzene rings is 2. The van der Waals surface area contributed by atoms with Crippen molar-refractivity contribution in [2.75, 3.05) is 18.0 Å². The summed E-state index contributed by atoms with van der Waals surface area (Å²) in [6, 6.07) is 17.9. The number of para-hydroxylation sites is 2. The molecule has 0 saturated heterocycles. The minimum atomic E-state index is -0.00890. The third kappa shape index (κ3) is 4.01. The summed E-state index contributed by atoms with van der Waals surface area (Å²) in [4.78, 5) is 2.57. The molecule has 2 aromatic rings. The van der Waals surface area contributed by atoms with Crippen LogP contribution in [0.1, 0.15) is 92.2 Å². The molecule has 2 atom stereocenters. The molecule has 5 aliphatic heterocycles. The highest BCUT2D eigenvalue weighted by Crippen LogP contribution is 2.53. The van der Waals surface area contributed by atoms with Crippen molar-refractivity contribution in [3.05, 3.63) is 82.6 Å². The highest BCUT2D eigenvalue weighted by atomic mass is 16.5. The maximum absolute atomic E-state index is 6.89. The normalized spacial score (nSPS) is 24.8. The molecule has 0 bridgehead atoms. The second kappa shape index (κ2) is 10.2. The zero-order valence-electron chi connectivity index (χ0n) is 24.9. The van der Waals surface area contributed by atoms with Gasteiger partial charge in [-0.3, -0.25) is 0 Å². The largest absolute Gasteiger partial charge is 0.365 e. The topological polar surface area (TPSA) is 15.5 Å². The van der Waals surface area contributed by atoms with Gasteiger partial charge in [0.15, 0.2) is 12.3 Å². The van der Waals surface area contributed by atoms with Crippen molar-refractivity contribution in [3.63, 3.8) is 0 Å². The Labute approximate surface area is 230 Å². The van der Waals surface area contributed by atoms with Crippen LogP contribution >= 0.6 is 0 Å². The molecule has 3 heteroatoms. The molecule has 2 aromatic carbocycles. The molecule has 202 valence electrons. The van der Waals surface area contributed by atoms with E-state index in [9.17, 15) is 0 Å². The van der Waals surface area contributed by atoms with E-state index < -0.39 is 0 Å². The van der Waals surface area contributed by atoms with E-state index in [0.717, 1.165) is 25.9 Å². The van der Waals surface area contributed by atoms with E-state index in [1.165, 1.54) is 57.9 Å². The molecule has 0 amide bonds. The Balaban J connectivity index is 0.000000451. The molecule has 5 aliphatic rings. The van der Waals surface area contributed by atoms with Crippen LogP contribution in [0.5, 0.6) is 0 Å². The smallest absolute Gasteiger partial charge is 0.209 e. The molecule has 0 fully saturated rings. The molecule has 38 heavy (non-hydrogen) atoms. The van der Waals surface area contributed by atoms with Gasteiger partial charge in [-0.25, -0.2) is 0 Å². The first-order valence-corrected chi connectivity index (χ1v) is 15.0. The molecule has 0 N–H and O–H groups in total. The molecule has 0 saturated carbocycles. The van der Waals surface area contributed by atoms with Crippen molar-refractivity contribution in [1.82, 2.24) is 0 Å². The molecule has 5 heterocycles. The van der Waals surface area contributed by atoms with Gasteiger partial charge in [-0.05, 0) is 38.0 Å². The van der Waals surface area contributed by atoms with Gasteiger partial charge in [-0.2, -0.15) is 4.58 Å². The number of hydrogen-bond acceptors (Lipinski definition) is 2. The van der Waals surface area contributed by atoms with Crippen LogP contribution in [-0.4, -0.2) is 35.6 Å². The number of hydrogen-bond donors (Lipinski definition) is 0. The first kappa shape index (κ1) is 26.9. The molecule has 3 nitrogen and oxygen atoms in total. The van der Waals surface area contributed by atoms with E-state index in [1.54, 1.807) is 0 Å². The first-order chi connectivity index (χ1) is 18.2. The monoisotopic (exact) mass is 511 g/mol. The second-order valence-electron chi connectivity index (χ2n) is 12.4. The molecule has 0 aromatic heterocycles. The van der Waals surface area contributed by atoms with Gasteiger partial charge in [0, 0.05) is 52.5 Å². The van der Waals surface area contributed by atoms with Gasteiger partial charge in [0.2, 0.25) is 5.69 Å². The SMILES string of the molecule is CC1(C)C2=C3C=C4C5=[N+](CCC4OC3CCN2c2ccccc21)c1ccccc1C5(C)C.CCC.CCC. The van der Waals surface area contributed by atoms with E-state index in [2.05, 4.69) is 119 Å². The molecular weight excluding hydrogens is 464 g/mol. The molecular formula is C35H47N2O+. The Hall–Kier alpha value is -2.65. The lowest BCUT2D eigenvalue weighted by Gasteiger charge is -2.42. The second-order valence-corrected chi connectivity index (χ2v) is 12.4. The zero-order chi connectivity index (χ0) is 27.2. The van der Waals surface area contributed by atoms with Crippen molar-refractivity contribution in [2.45, 2.75) is 104 Å². The van der Waals surface area contributed by atoms with E-state index in [1.807, 2.05) is 0 Å². The Morgan fingerprint density at radius 2 is 1.45 bits per heavy atom. The summed E-state index contributed by atoms with van der Waals surface area (Å²) >= 11 is 0. The minimum Gasteiger partial charge on any atom is -0.365 e. The van der Waals surface area contributed by atoms with Crippen LogP contribution in [0.2, 0.25) is 0 Å². The number of fused-ring (bicyclic) bond motifs is 8. The quantitative estimate of drug-likeness (QED) is 0.330. The van der Waals surface area contributed by atoms with E-state index in [-0.39, 0.29) is 23.0 Å². The molecule has 0 aliphatic carbocycles. The van der Waals surface area contributed by atoms with Gasteiger partial charge in [0.05, 0.1) is 17.6 Å². The summed E-state index contributed by atoms with van der Waals surface area (Å²) < 4.78 is 9.47. The van der Waals surface area contributed by atoms with Crippen LogP contribution in [-0.2, 0) is 15.6 Å². The summed E-state index contributed by atoms with van der Waals surface area (Å²) in [6.07, 6.45) is 7.59. The van der Waals surface area contributed by atoms with Gasteiger partial charge in [-0.1, -0.05) is 90.8 Å². The number of anilines is 1. The highest BCUT2D eigenvalue weighted by molar-refractivity contribution is 6.08. The van der Waals surface area contributed by atoms with Crippen molar-refractivity contribution in [1.29, 1.82) is 0 Å². The first-order valence-electron chi connectivity index (χ1n) is 15.0. The zero-order valence-corrected chi connectivity index (χ0v) is 24.9. The van der Waals surface area contributed by atoms with Gasteiger partial charge in [0.1, 0.15) is 0 Å². The number of allylic oxidation sites excluding steroid dienone is 1. The van der Waals surface area contributed by atoms with Crippen molar-refractivity contribution < 1.29 is 9.31 Å². The van der Waals surface area contributed by atoms with Gasteiger partial charge >= 0.3 is 0 Å². The van der Waals surface area contributed by atoms with Gasteiger partial charge in [-0.15, -0.1) is 0 Å². The minimum absolute atomic E-state index is 0.00890. The lowest BCUT2D eigenvalue weighted by Crippen LogP contribution is -2.47. The van der Waals surface area contributed by atoms with Crippen molar-refractivity contribution >= 4 is 17.1 Å². The Morgan fingerprint density at radius 3 is 2.16 bits per heavy atom.